The van der Waals surface area contributed by atoms with Gasteiger partial charge in [0.05, 0.1) is 26.1 Å². The van der Waals surface area contributed by atoms with Crippen molar-refractivity contribution in [2.75, 3.05) is 39.7 Å². The van der Waals surface area contributed by atoms with Crippen LogP contribution in [-0.2, 0) is 0 Å². The summed E-state index contributed by atoms with van der Waals surface area (Å²) >= 11 is 0. The van der Waals surface area contributed by atoms with Gasteiger partial charge < -0.3 is 24.4 Å². The summed E-state index contributed by atoms with van der Waals surface area (Å²) in [5.41, 5.74) is 4.75. The first-order chi connectivity index (χ1) is 19.0. The summed E-state index contributed by atoms with van der Waals surface area (Å²) in [6.45, 7) is 2.11. The van der Waals surface area contributed by atoms with Crippen LogP contribution in [0.1, 0.15) is 23.2 Å². The number of carbonyl (C=O) groups is 1. The lowest BCUT2D eigenvalue weighted by Crippen LogP contribution is -2.35. The fourth-order valence-corrected chi connectivity index (χ4v) is 4.71. The fraction of sp³-hybridized carbons (Fsp3) is 0.250. The molecule has 0 bridgehead atoms. The zero-order valence-corrected chi connectivity index (χ0v) is 22.5. The number of hydrogen-bond acceptors (Lipinski definition) is 6. The highest BCUT2D eigenvalue weighted by molar-refractivity contribution is 6.05. The number of hydrogen-bond donors (Lipinski definition) is 1. The van der Waals surface area contributed by atoms with Gasteiger partial charge in [-0.05, 0) is 80.1 Å². The van der Waals surface area contributed by atoms with E-state index in [0.717, 1.165) is 59.8 Å². The molecule has 7 nitrogen and oxygen atoms in total. The molecule has 1 aromatic heterocycles. The molecule has 1 amide bonds. The number of nitrogens with one attached hydrogen (secondary N) is 1. The number of anilines is 1. The number of likely N-dealkylation sites (tertiary alicyclic amines) is 1. The Morgan fingerprint density at radius 1 is 0.872 bits per heavy atom. The maximum atomic E-state index is 13.1. The molecule has 0 radical (unpaired) electrons. The number of pyridine rings is 1. The second-order valence-corrected chi connectivity index (χ2v) is 9.68. The predicted octanol–water partition coefficient (Wildman–Crippen LogP) is 6.16. The lowest BCUT2D eigenvalue weighted by molar-refractivity contribution is 0.102. The topological polar surface area (TPSA) is 72.9 Å². The van der Waals surface area contributed by atoms with Crippen LogP contribution in [0.5, 0.6) is 17.2 Å². The smallest absolute Gasteiger partial charge is 0.255 e. The van der Waals surface area contributed by atoms with Crippen LogP contribution >= 0.6 is 0 Å². The molecule has 39 heavy (non-hydrogen) atoms. The molecule has 4 aromatic rings. The molecule has 200 valence electrons. The van der Waals surface area contributed by atoms with Crippen LogP contribution < -0.4 is 19.5 Å². The Labute approximate surface area is 229 Å². The van der Waals surface area contributed by atoms with E-state index in [0.29, 0.717) is 17.0 Å². The van der Waals surface area contributed by atoms with Crippen LogP contribution in [-0.4, -0.2) is 56.3 Å². The summed E-state index contributed by atoms with van der Waals surface area (Å²) in [6.07, 6.45) is 4.09. The first kappa shape index (κ1) is 26.3. The van der Waals surface area contributed by atoms with Crippen LogP contribution in [0.3, 0.4) is 0 Å². The van der Waals surface area contributed by atoms with Gasteiger partial charge in [0, 0.05) is 35.5 Å². The van der Waals surface area contributed by atoms with Gasteiger partial charge in [0.15, 0.2) is 0 Å². The minimum Gasteiger partial charge on any atom is -0.497 e. The number of amides is 1. The van der Waals surface area contributed by atoms with Crippen LogP contribution in [0.4, 0.5) is 5.69 Å². The predicted molar refractivity (Wildman–Crippen MR) is 154 cm³/mol. The van der Waals surface area contributed by atoms with Crippen molar-refractivity contribution in [2.24, 2.45) is 0 Å². The maximum absolute atomic E-state index is 13.1. The molecule has 1 aliphatic heterocycles. The van der Waals surface area contributed by atoms with Gasteiger partial charge in [-0.3, -0.25) is 9.78 Å². The number of ether oxygens (including phenoxy) is 3. The highest BCUT2D eigenvalue weighted by Crippen LogP contribution is 2.33. The molecule has 0 aliphatic carbocycles. The van der Waals surface area contributed by atoms with Gasteiger partial charge >= 0.3 is 0 Å². The third-order valence-corrected chi connectivity index (χ3v) is 6.99. The molecule has 1 aliphatic rings. The first-order valence-corrected chi connectivity index (χ1v) is 13.1. The van der Waals surface area contributed by atoms with Gasteiger partial charge in [-0.2, -0.15) is 0 Å². The third kappa shape index (κ3) is 6.38. The molecule has 0 unspecified atom stereocenters. The molecule has 0 atom stereocenters. The summed E-state index contributed by atoms with van der Waals surface area (Å²) in [5, 5.41) is 2.99. The summed E-state index contributed by atoms with van der Waals surface area (Å²) < 4.78 is 17.0. The van der Waals surface area contributed by atoms with Crippen LogP contribution in [0.25, 0.3) is 22.4 Å². The number of piperidine rings is 1. The number of benzene rings is 3. The van der Waals surface area contributed by atoms with E-state index in [1.165, 1.54) is 0 Å². The van der Waals surface area contributed by atoms with Gasteiger partial charge in [0.1, 0.15) is 23.4 Å². The molecule has 1 N–H and O–H groups in total. The van der Waals surface area contributed by atoms with Gasteiger partial charge in [-0.1, -0.05) is 24.3 Å². The Morgan fingerprint density at radius 3 is 2.36 bits per heavy atom. The van der Waals surface area contributed by atoms with Gasteiger partial charge in [-0.25, -0.2) is 0 Å². The Hall–Kier alpha value is -4.36. The second-order valence-electron chi connectivity index (χ2n) is 9.68. The molecule has 3 aromatic carbocycles. The van der Waals surface area contributed by atoms with E-state index in [9.17, 15) is 4.79 Å². The molecule has 5 rings (SSSR count). The van der Waals surface area contributed by atoms with Crippen molar-refractivity contribution in [3.05, 3.63) is 90.6 Å². The SMILES string of the molecule is COc1cccc(-c2cc(C(=O)Nc3ccc(-c4ccc(OC5CCN(C)CC5)cn4)cc3)ccc2OC)c1. The minimum atomic E-state index is -0.205. The van der Waals surface area contributed by atoms with Gasteiger partial charge in [0.25, 0.3) is 5.91 Å². The summed E-state index contributed by atoms with van der Waals surface area (Å²) in [4.78, 5) is 20.0. The Kier molecular flexibility index (Phi) is 8.08. The highest BCUT2D eigenvalue weighted by atomic mass is 16.5. The van der Waals surface area contributed by atoms with Crippen LogP contribution in [0.15, 0.2) is 85.1 Å². The van der Waals surface area contributed by atoms with Crippen molar-refractivity contribution in [3.8, 4) is 39.6 Å². The summed E-state index contributed by atoms with van der Waals surface area (Å²) in [6, 6.07) is 24.7. The fourth-order valence-electron chi connectivity index (χ4n) is 4.71. The van der Waals surface area contributed by atoms with E-state index in [2.05, 4.69) is 22.2 Å². The highest BCUT2D eigenvalue weighted by Gasteiger charge is 2.18. The van der Waals surface area contributed by atoms with E-state index in [4.69, 9.17) is 14.2 Å². The van der Waals surface area contributed by atoms with Crippen molar-refractivity contribution in [1.29, 1.82) is 0 Å². The van der Waals surface area contributed by atoms with E-state index >= 15 is 0 Å². The number of carbonyl (C=O) groups excluding carboxylic acids is 1. The van der Waals surface area contributed by atoms with Gasteiger partial charge in [-0.15, -0.1) is 0 Å². The van der Waals surface area contributed by atoms with Crippen molar-refractivity contribution >= 4 is 11.6 Å². The van der Waals surface area contributed by atoms with Crippen molar-refractivity contribution < 1.29 is 19.0 Å². The summed E-state index contributed by atoms with van der Waals surface area (Å²) in [7, 11) is 5.38. The molecule has 7 heteroatoms. The zero-order valence-electron chi connectivity index (χ0n) is 22.5. The van der Waals surface area contributed by atoms with Crippen LogP contribution in [0.2, 0.25) is 0 Å². The monoisotopic (exact) mass is 523 g/mol. The van der Waals surface area contributed by atoms with Crippen molar-refractivity contribution in [2.45, 2.75) is 18.9 Å². The first-order valence-electron chi connectivity index (χ1n) is 13.1. The largest absolute Gasteiger partial charge is 0.497 e. The lowest BCUT2D eigenvalue weighted by Gasteiger charge is -2.29. The number of aromatic nitrogens is 1. The lowest BCUT2D eigenvalue weighted by atomic mass is 10.0. The van der Waals surface area contributed by atoms with Gasteiger partial charge in [0.2, 0.25) is 0 Å². The van der Waals surface area contributed by atoms with E-state index in [1.54, 1.807) is 32.5 Å². The number of methoxy groups -OCH3 is 2. The maximum Gasteiger partial charge on any atom is 0.255 e. The zero-order chi connectivity index (χ0) is 27.2. The quantitative estimate of drug-likeness (QED) is 0.298. The number of nitrogens with zero attached hydrogens (tertiary/aromatic N) is 2. The molecular weight excluding hydrogens is 490 g/mol. The minimum absolute atomic E-state index is 0.205. The van der Waals surface area contributed by atoms with E-state index < -0.39 is 0 Å². The molecule has 2 heterocycles. The molecule has 1 saturated heterocycles. The van der Waals surface area contributed by atoms with E-state index in [1.807, 2.05) is 66.7 Å². The molecule has 0 spiro atoms. The standard InChI is InChI=1S/C32H33N3O4/c1-35-17-15-26(16-18-35)39-28-12-13-30(33-21-28)22-7-10-25(11-8-22)34-32(36)24-9-14-31(38-3)29(20-24)23-5-4-6-27(19-23)37-2/h4-14,19-21,26H,15-18H2,1-3H3,(H,34,36). The van der Waals surface area contributed by atoms with E-state index in [-0.39, 0.29) is 12.0 Å². The second kappa shape index (κ2) is 12.0. The van der Waals surface area contributed by atoms with Crippen LogP contribution in [0, 0.1) is 0 Å². The van der Waals surface area contributed by atoms with Crippen molar-refractivity contribution in [1.82, 2.24) is 9.88 Å². The summed E-state index contributed by atoms with van der Waals surface area (Å²) in [5.74, 6) is 2.01. The average molecular weight is 524 g/mol. The Bertz CT molecular complexity index is 1410. The molecular formula is C32H33N3O4. The average Bonchev–Trinajstić information content (AvgIpc) is 2.99. The molecule has 0 saturated carbocycles. The number of rotatable bonds is 8. The van der Waals surface area contributed by atoms with Crippen molar-refractivity contribution in [3.63, 3.8) is 0 Å². The third-order valence-electron chi connectivity index (χ3n) is 6.99. The normalized spacial score (nSPS) is 14.0. The Morgan fingerprint density at radius 2 is 1.67 bits per heavy atom. The molecule has 1 fully saturated rings. The Balaban J connectivity index is 1.25.